The molecule has 13 heteroatoms. The molecule has 4 rings (SSSR count). The van der Waals surface area contributed by atoms with Crippen molar-refractivity contribution in [1.29, 1.82) is 0 Å². The molecule has 0 bridgehead atoms. The number of ketones is 1. The Morgan fingerprint density at radius 3 is 2.02 bits per heavy atom. The predicted octanol–water partition coefficient (Wildman–Crippen LogP) is 1.91. The molecule has 0 radical (unpaired) electrons. The first-order chi connectivity index (χ1) is 22.4. The number of nitrogens with zero attached hydrogens (tertiary/aromatic N) is 1. The van der Waals surface area contributed by atoms with Crippen LogP contribution < -0.4 is 0 Å². The number of hydrogen-bond donors (Lipinski definition) is 3. The van der Waals surface area contributed by atoms with Crippen LogP contribution in [-0.2, 0) is 42.7 Å². The van der Waals surface area contributed by atoms with Crippen LogP contribution in [0.3, 0.4) is 0 Å². The molecule has 0 aliphatic carbocycles. The minimum absolute atomic E-state index is 0.198. The average molecular weight is 688 g/mol. The van der Waals surface area contributed by atoms with Gasteiger partial charge in [-0.1, -0.05) is 27.7 Å². The van der Waals surface area contributed by atoms with Crippen molar-refractivity contribution in [3.8, 4) is 0 Å². The average Bonchev–Trinajstić information content (AvgIpc) is 3.82. The SMILES string of the molecule is CO[C@H]1C[C@H](O[C@H]2[C@H](C)[C@H](O[C@@H]3O[C@H](C)C[C@H](N(C)C)[C@H]3O)[C@H](C)C[C@]3(CO3)C(=O)[C@H](C)[C@H](O)[C@@H](C)[C@@H](C)OC(=O)[C@@H]2C)O[C@@H](C)[C@@H]1O. The van der Waals surface area contributed by atoms with Crippen LogP contribution in [0.15, 0.2) is 0 Å². The summed E-state index contributed by atoms with van der Waals surface area (Å²) < 4.78 is 43.0. The molecular formula is C35H61NO12. The van der Waals surface area contributed by atoms with Gasteiger partial charge in [-0.3, -0.25) is 9.59 Å². The number of Topliss-reactive ketones (excluding diaryl/α,β-unsaturated/α-hetero) is 1. The minimum atomic E-state index is -1.10. The number of aliphatic hydroxyl groups is 3. The maximum atomic E-state index is 13.9. The number of likely N-dealkylation sites (N-methyl/N-ethyl adjacent to an activating group) is 1. The minimum Gasteiger partial charge on any atom is -0.462 e. The summed E-state index contributed by atoms with van der Waals surface area (Å²) in [5.74, 6) is -3.74. The first-order valence-electron chi connectivity index (χ1n) is 17.7. The van der Waals surface area contributed by atoms with Crippen LogP contribution in [0.5, 0.6) is 0 Å². The Hall–Kier alpha value is -1.26. The largest absolute Gasteiger partial charge is 0.462 e. The summed E-state index contributed by atoms with van der Waals surface area (Å²) in [6.45, 7) is 14.6. The molecule has 0 aromatic heterocycles. The summed E-state index contributed by atoms with van der Waals surface area (Å²) in [5, 5.41) is 33.3. The van der Waals surface area contributed by atoms with Crippen LogP contribution >= 0.6 is 0 Å². The Morgan fingerprint density at radius 2 is 1.44 bits per heavy atom. The Kier molecular flexibility index (Phi) is 13.1. The lowest BCUT2D eigenvalue weighted by atomic mass is 9.76. The van der Waals surface area contributed by atoms with Crippen LogP contribution in [0, 0.1) is 29.6 Å². The van der Waals surface area contributed by atoms with E-state index in [-0.39, 0.29) is 43.3 Å². The lowest BCUT2D eigenvalue weighted by molar-refractivity contribution is -0.299. The first-order valence-corrected chi connectivity index (χ1v) is 17.7. The van der Waals surface area contributed by atoms with Gasteiger partial charge in [0, 0.05) is 37.3 Å². The van der Waals surface area contributed by atoms with Crippen molar-refractivity contribution < 1.29 is 58.1 Å². The second kappa shape index (κ2) is 16.0. The monoisotopic (exact) mass is 687 g/mol. The van der Waals surface area contributed by atoms with Crippen molar-refractivity contribution >= 4 is 11.8 Å². The molecule has 13 nitrogen and oxygen atoms in total. The van der Waals surface area contributed by atoms with Gasteiger partial charge in [0.25, 0.3) is 0 Å². The number of esters is 1. The summed E-state index contributed by atoms with van der Waals surface area (Å²) in [6, 6.07) is -0.219. The van der Waals surface area contributed by atoms with E-state index in [0.717, 1.165) is 0 Å². The van der Waals surface area contributed by atoms with Crippen molar-refractivity contribution in [3.63, 3.8) is 0 Å². The second-order valence-electron chi connectivity index (χ2n) is 15.3. The molecule has 4 aliphatic rings. The molecular weight excluding hydrogens is 626 g/mol. The number of rotatable bonds is 6. The number of ether oxygens (including phenoxy) is 7. The maximum Gasteiger partial charge on any atom is 0.311 e. The first kappa shape index (κ1) is 39.5. The fraction of sp³-hybridized carbons (Fsp3) is 0.943. The molecule has 48 heavy (non-hydrogen) atoms. The smallest absolute Gasteiger partial charge is 0.311 e. The lowest BCUT2D eigenvalue weighted by Gasteiger charge is -2.46. The molecule has 278 valence electrons. The van der Waals surface area contributed by atoms with E-state index in [0.29, 0.717) is 6.42 Å². The van der Waals surface area contributed by atoms with Gasteiger partial charge in [-0.15, -0.1) is 0 Å². The maximum absolute atomic E-state index is 13.9. The summed E-state index contributed by atoms with van der Waals surface area (Å²) in [6.07, 6.45) is -7.15. The van der Waals surface area contributed by atoms with Crippen LogP contribution in [0.25, 0.3) is 0 Å². The number of carbonyl (C=O) groups is 2. The van der Waals surface area contributed by atoms with E-state index in [2.05, 4.69) is 0 Å². The normalized spacial score (nSPS) is 49.9. The number of cyclic esters (lactones) is 1. The van der Waals surface area contributed by atoms with E-state index in [4.69, 9.17) is 33.2 Å². The zero-order valence-corrected chi connectivity index (χ0v) is 30.6. The standard InChI is InChI=1S/C35H61NO12/c1-16-14-35(15-43-35)32(40)19(4)27(37)18(3)22(7)46-33(41)21(6)31(47-26-13-25(42-11)28(38)23(8)45-26)20(5)30(16)48-34-29(39)24(36(9)10)12-17(2)44-34/h16-31,34,37-39H,12-15H2,1-11H3/t16-,17-,18+,19-,20-,21-,22-,23+,24+,25+,26+,27-,28+,29-,30-,31+,34+,35+/m1/s1. The molecule has 0 aromatic rings. The van der Waals surface area contributed by atoms with Crippen LogP contribution in [0.4, 0.5) is 0 Å². The van der Waals surface area contributed by atoms with Gasteiger partial charge in [0.1, 0.15) is 18.3 Å². The van der Waals surface area contributed by atoms with Gasteiger partial charge in [0.15, 0.2) is 24.0 Å². The molecule has 4 aliphatic heterocycles. The molecule has 0 aromatic carbocycles. The van der Waals surface area contributed by atoms with Crippen LogP contribution in [-0.4, -0.2) is 139 Å². The van der Waals surface area contributed by atoms with Crippen molar-refractivity contribution in [2.45, 2.75) is 154 Å². The Bertz CT molecular complexity index is 1090. The van der Waals surface area contributed by atoms with Gasteiger partial charge in [-0.05, 0) is 60.5 Å². The number of methoxy groups -OCH3 is 1. The zero-order chi connectivity index (χ0) is 35.8. The molecule has 0 saturated carbocycles. The van der Waals surface area contributed by atoms with E-state index < -0.39 is 96.7 Å². The third-order valence-corrected chi connectivity index (χ3v) is 11.4. The number of carbonyl (C=O) groups excluding carboxylic acids is 2. The van der Waals surface area contributed by atoms with Gasteiger partial charge in [-0.25, -0.2) is 0 Å². The quantitative estimate of drug-likeness (QED) is 0.274. The number of aliphatic hydroxyl groups excluding tert-OH is 3. The Balaban J connectivity index is 1.75. The third kappa shape index (κ3) is 8.43. The number of epoxide rings is 1. The van der Waals surface area contributed by atoms with E-state index in [1.165, 1.54) is 7.11 Å². The number of hydrogen-bond acceptors (Lipinski definition) is 13. The van der Waals surface area contributed by atoms with Gasteiger partial charge in [-0.2, -0.15) is 0 Å². The summed E-state index contributed by atoms with van der Waals surface area (Å²) in [7, 11) is 5.32. The van der Waals surface area contributed by atoms with Crippen molar-refractivity contribution in [2.75, 3.05) is 27.8 Å². The van der Waals surface area contributed by atoms with Crippen LogP contribution in [0.2, 0.25) is 0 Å². The molecule has 0 amide bonds. The molecule has 1 spiro atoms. The van der Waals surface area contributed by atoms with Gasteiger partial charge >= 0.3 is 5.97 Å². The zero-order valence-electron chi connectivity index (χ0n) is 30.6. The van der Waals surface area contributed by atoms with Gasteiger partial charge < -0.3 is 53.4 Å². The molecule has 4 fully saturated rings. The van der Waals surface area contributed by atoms with E-state index in [1.807, 2.05) is 39.8 Å². The van der Waals surface area contributed by atoms with E-state index in [1.54, 1.807) is 34.6 Å². The van der Waals surface area contributed by atoms with E-state index >= 15 is 0 Å². The fourth-order valence-corrected chi connectivity index (χ4v) is 7.89. The highest BCUT2D eigenvalue weighted by molar-refractivity contribution is 5.92. The van der Waals surface area contributed by atoms with Crippen LogP contribution in [0.1, 0.15) is 74.7 Å². The second-order valence-corrected chi connectivity index (χ2v) is 15.3. The van der Waals surface area contributed by atoms with Crippen molar-refractivity contribution in [3.05, 3.63) is 0 Å². The highest BCUT2D eigenvalue weighted by Gasteiger charge is 2.57. The highest BCUT2D eigenvalue weighted by atomic mass is 16.7. The third-order valence-electron chi connectivity index (χ3n) is 11.4. The molecule has 4 saturated heterocycles. The Morgan fingerprint density at radius 1 is 0.792 bits per heavy atom. The van der Waals surface area contributed by atoms with Crippen molar-refractivity contribution in [1.82, 2.24) is 4.90 Å². The molecule has 4 heterocycles. The molecule has 3 N–H and O–H groups in total. The summed E-state index contributed by atoms with van der Waals surface area (Å²) >= 11 is 0. The van der Waals surface area contributed by atoms with Gasteiger partial charge in [0.2, 0.25) is 0 Å². The van der Waals surface area contributed by atoms with Crippen molar-refractivity contribution in [2.24, 2.45) is 29.6 Å². The van der Waals surface area contributed by atoms with Gasteiger partial charge in [0.05, 0.1) is 49.1 Å². The Labute approximate surface area is 285 Å². The summed E-state index contributed by atoms with van der Waals surface area (Å²) in [5.41, 5.74) is -1.10. The predicted molar refractivity (Wildman–Crippen MR) is 174 cm³/mol. The molecule has 0 unspecified atom stereocenters. The highest BCUT2D eigenvalue weighted by Crippen LogP contribution is 2.43. The topological polar surface area (TPSA) is 166 Å². The lowest BCUT2D eigenvalue weighted by Crippen LogP contribution is -2.57. The summed E-state index contributed by atoms with van der Waals surface area (Å²) in [4.78, 5) is 29.7. The fourth-order valence-electron chi connectivity index (χ4n) is 7.89. The molecule has 18 atom stereocenters. The van der Waals surface area contributed by atoms with E-state index in [9.17, 15) is 24.9 Å².